The van der Waals surface area contributed by atoms with Crippen molar-refractivity contribution in [3.8, 4) is 6.07 Å². The SMILES string of the molecule is CCCCOC(OC)C(C#N)N=O. The molecule has 0 aromatic rings. The van der Waals surface area contributed by atoms with E-state index >= 15 is 0 Å². The molecular formula is C8H14N2O3. The Labute approximate surface area is 77.6 Å². The van der Waals surface area contributed by atoms with Gasteiger partial charge in [0.05, 0.1) is 6.07 Å². The van der Waals surface area contributed by atoms with Gasteiger partial charge in [0, 0.05) is 13.7 Å². The molecule has 0 amide bonds. The summed E-state index contributed by atoms with van der Waals surface area (Å²) in [5.74, 6) is 0. The van der Waals surface area contributed by atoms with E-state index in [-0.39, 0.29) is 0 Å². The van der Waals surface area contributed by atoms with Crippen molar-refractivity contribution in [3.05, 3.63) is 4.91 Å². The van der Waals surface area contributed by atoms with Gasteiger partial charge in [-0.1, -0.05) is 13.3 Å². The molecule has 0 aliphatic rings. The number of methoxy groups -OCH3 is 1. The fraction of sp³-hybridized carbons (Fsp3) is 0.875. The number of nitroso groups, excluding NO2 is 1. The Bertz CT molecular complexity index is 179. The van der Waals surface area contributed by atoms with E-state index in [1.54, 1.807) is 6.07 Å². The summed E-state index contributed by atoms with van der Waals surface area (Å²) in [6, 6.07) is 0.619. The van der Waals surface area contributed by atoms with Gasteiger partial charge in [0.1, 0.15) is 0 Å². The quantitative estimate of drug-likeness (QED) is 0.342. The van der Waals surface area contributed by atoms with Crippen LogP contribution < -0.4 is 0 Å². The molecule has 0 heterocycles. The largest absolute Gasteiger partial charge is 0.353 e. The summed E-state index contributed by atoms with van der Waals surface area (Å²) >= 11 is 0. The van der Waals surface area contributed by atoms with Crippen molar-refractivity contribution in [1.29, 1.82) is 5.26 Å². The van der Waals surface area contributed by atoms with Gasteiger partial charge in [-0.15, -0.1) is 4.91 Å². The third-order valence-corrected chi connectivity index (χ3v) is 1.52. The van der Waals surface area contributed by atoms with Crippen LogP contribution in [0, 0.1) is 16.2 Å². The molecule has 0 bridgehead atoms. The number of hydrogen-bond acceptors (Lipinski definition) is 5. The Morgan fingerprint density at radius 1 is 1.62 bits per heavy atom. The van der Waals surface area contributed by atoms with Crippen molar-refractivity contribution >= 4 is 0 Å². The fourth-order valence-corrected chi connectivity index (χ4v) is 0.766. The van der Waals surface area contributed by atoms with E-state index in [2.05, 4.69) is 5.18 Å². The first kappa shape index (κ1) is 12.0. The van der Waals surface area contributed by atoms with Gasteiger partial charge in [-0.05, 0) is 11.6 Å². The summed E-state index contributed by atoms with van der Waals surface area (Å²) in [7, 11) is 1.38. The van der Waals surface area contributed by atoms with Gasteiger partial charge in [-0.2, -0.15) is 5.26 Å². The van der Waals surface area contributed by atoms with E-state index in [0.717, 1.165) is 12.8 Å². The van der Waals surface area contributed by atoms with Crippen LogP contribution >= 0.6 is 0 Å². The zero-order chi connectivity index (χ0) is 10.1. The summed E-state index contributed by atoms with van der Waals surface area (Å²) in [5.41, 5.74) is 0. The first-order valence-electron chi connectivity index (χ1n) is 4.16. The van der Waals surface area contributed by atoms with Gasteiger partial charge in [-0.3, -0.25) is 0 Å². The van der Waals surface area contributed by atoms with E-state index in [0.29, 0.717) is 6.61 Å². The summed E-state index contributed by atoms with van der Waals surface area (Å²) in [6.45, 7) is 2.49. The predicted octanol–water partition coefficient (Wildman–Crippen LogP) is 1.43. The molecule has 0 fully saturated rings. The highest BCUT2D eigenvalue weighted by Gasteiger charge is 2.21. The van der Waals surface area contributed by atoms with E-state index in [4.69, 9.17) is 14.7 Å². The summed E-state index contributed by atoms with van der Waals surface area (Å²) < 4.78 is 9.94. The van der Waals surface area contributed by atoms with Crippen molar-refractivity contribution < 1.29 is 9.47 Å². The van der Waals surface area contributed by atoms with Crippen LogP contribution in [0.4, 0.5) is 0 Å². The molecule has 5 nitrogen and oxygen atoms in total. The Morgan fingerprint density at radius 3 is 2.69 bits per heavy atom. The lowest BCUT2D eigenvalue weighted by Gasteiger charge is -2.15. The number of hydrogen-bond donors (Lipinski definition) is 0. The van der Waals surface area contributed by atoms with Crippen LogP contribution in [0.25, 0.3) is 0 Å². The molecule has 0 aliphatic heterocycles. The molecule has 2 atom stereocenters. The summed E-state index contributed by atoms with van der Waals surface area (Å²) in [6.07, 6.45) is 1.02. The molecule has 2 unspecified atom stereocenters. The second-order valence-corrected chi connectivity index (χ2v) is 2.51. The molecule has 0 rings (SSSR count). The molecular weight excluding hydrogens is 172 g/mol. The highest BCUT2D eigenvalue weighted by atomic mass is 16.7. The van der Waals surface area contributed by atoms with Gasteiger partial charge in [-0.25, -0.2) is 0 Å². The van der Waals surface area contributed by atoms with Crippen molar-refractivity contribution in [1.82, 2.24) is 0 Å². The van der Waals surface area contributed by atoms with Gasteiger partial charge >= 0.3 is 0 Å². The number of nitriles is 1. The normalized spacial score (nSPS) is 14.5. The number of nitrogens with zero attached hydrogens (tertiary/aromatic N) is 2. The molecule has 0 aromatic heterocycles. The average molecular weight is 186 g/mol. The molecule has 0 radical (unpaired) electrons. The zero-order valence-electron chi connectivity index (χ0n) is 7.90. The minimum atomic E-state index is -1.08. The van der Waals surface area contributed by atoms with Gasteiger partial charge in [0.2, 0.25) is 6.04 Å². The minimum Gasteiger partial charge on any atom is -0.353 e. The maximum atomic E-state index is 10.1. The smallest absolute Gasteiger partial charge is 0.228 e. The van der Waals surface area contributed by atoms with Gasteiger partial charge < -0.3 is 9.47 Å². The Hall–Kier alpha value is -0.990. The second kappa shape index (κ2) is 7.65. The van der Waals surface area contributed by atoms with Crippen molar-refractivity contribution in [3.63, 3.8) is 0 Å². The molecule has 0 saturated heterocycles. The standard InChI is InChI=1S/C8H14N2O3/c1-3-4-5-13-8(12-2)7(6-9)10-11/h7-8H,3-5H2,1-2H3. The molecule has 0 N–H and O–H groups in total. The van der Waals surface area contributed by atoms with Crippen molar-refractivity contribution in [2.45, 2.75) is 32.1 Å². The molecule has 0 aromatic carbocycles. The molecule has 0 saturated carbocycles. The van der Waals surface area contributed by atoms with Gasteiger partial charge in [0.15, 0.2) is 6.29 Å². The van der Waals surface area contributed by atoms with E-state index in [9.17, 15) is 4.91 Å². The summed E-state index contributed by atoms with van der Waals surface area (Å²) in [5, 5.41) is 11.1. The van der Waals surface area contributed by atoms with Crippen molar-refractivity contribution in [2.24, 2.45) is 5.18 Å². The Morgan fingerprint density at radius 2 is 2.31 bits per heavy atom. The molecule has 13 heavy (non-hydrogen) atoms. The Kier molecular flexibility index (Phi) is 7.07. The third-order valence-electron chi connectivity index (χ3n) is 1.52. The number of unbranched alkanes of at least 4 members (excludes halogenated alkanes) is 1. The van der Waals surface area contributed by atoms with Crippen LogP contribution in [0.5, 0.6) is 0 Å². The van der Waals surface area contributed by atoms with Crippen molar-refractivity contribution in [2.75, 3.05) is 13.7 Å². The number of ether oxygens (including phenoxy) is 2. The third kappa shape index (κ3) is 4.55. The maximum absolute atomic E-state index is 10.1. The van der Waals surface area contributed by atoms with Crippen LogP contribution in [0.2, 0.25) is 0 Å². The molecule has 0 spiro atoms. The van der Waals surface area contributed by atoms with Crippen LogP contribution in [0.3, 0.4) is 0 Å². The average Bonchev–Trinajstić information content (AvgIpc) is 2.17. The molecule has 74 valence electrons. The fourth-order valence-electron chi connectivity index (χ4n) is 0.766. The monoisotopic (exact) mass is 186 g/mol. The maximum Gasteiger partial charge on any atom is 0.228 e. The first-order chi connectivity index (χ1) is 6.29. The highest BCUT2D eigenvalue weighted by molar-refractivity contribution is 4.92. The molecule has 5 heteroatoms. The van der Waals surface area contributed by atoms with Crippen LogP contribution in [-0.2, 0) is 9.47 Å². The van der Waals surface area contributed by atoms with Crippen LogP contribution in [0.1, 0.15) is 19.8 Å². The van der Waals surface area contributed by atoms with Gasteiger partial charge in [0.25, 0.3) is 0 Å². The highest BCUT2D eigenvalue weighted by Crippen LogP contribution is 2.05. The molecule has 0 aliphatic carbocycles. The lowest BCUT2D eigenvalue weighted by atomic mass is 10.3. The van der Waals surface area contributed by atoms with E-state index < -0.39 is 12.3 Å². The Balaban J connectivity index is 3.87. The van der Waals surface area contributed by atoms with E-state index in [1.807, 2.05) is 6.92 Å². The van der Waals surface area contributed by atoms with E-state index in [1.165, 1.54) is 7.11 Å². The number of rotatable bonds is 7. The lowest BCUT2D eigenvalue weighted by molar-refractivity contribution is -0.128. The van der Waals surface area contributed by atoms with Crippen LogP contribution in [0.15, 0.2) is 5.18 Å². The predicted molar refractivity (Wildman–Crippen MR) is 46.9 cm³/mol. The lowest BCUT2D eigenvalue weighted by Crippen LogP contribution is -2.28. The topological polar surface area (TPSA) is 71.7 Å². The minimum absolute atomic E-state index is 0.475. The van der Waals surface area contributed by atoms with Crippen LogP contribution in [-0.4, -0.2) is 26.0 Å². The summed E-state index contributed by atoms with van der Waals surface area (Å²) in [4.78, 5) is 10.1. The zero-order valence-corrected chi connectivity index (χ0v) is 7.90. The second-order valence-electron chi connectivity index (χ2n) is 2.51. The first-order valence-corrected chi connectivity index (χ1v) is 4.16.